The van der Waals surface area contributed by atoms with Gasteiger partial charge in [-0.1, -0.05) is 231 Å². The van der Waals surface area contributed by atoms with E-state index in [0.29, 0.717) is 17.6 Å². The fraction of sp³-hybridized carbons (Fsp3) is 0. The number of fused-ring (bicyclic) bond motifs is 9. The Hall–Kier alpha value is -11.0. The first-order chi connectivity index (χ1) is 40.2. The molecule has 16 aromatic rings. The molecule has 16 rings (SSSR count). The van der Waals surface area contributed by atoms with E-state index < -0.39 is 0 Å². The maximum Gasteiger partial charge on any atom is 0.238 e. The number of para-hydroxylation sites is 6. The van der Waals surface area contributed by atoms with Gasteiger partial charge in [0.2, 0.25) is 5.95 Å². The topological polar surface area (TPSA) is 53.5 Å². The summed E-state index contributed by atoms with van der Waals surface area (Å²) < 4.78 is 7.01. The van der Waals surface area contributed by atoms with Crippen LogP contribution in [0, 0.1) is 0 Å². The zero-order valence-electron chi connectivity index (χ0n) is 43.9. The van der Waals surface area contributed by atoms with Gasteiger partial charge in [0.15, 0.2) is 11.6 Å². The summed E-state index contributed by atoms with van der Waals surface area (Å²) in [7, 11) is 0. The summed E-state index contributed by atoms with van der Waals surface area (Å²) in [6, 6.07) is 104. The van der Waals surface area contributed by atoms with Crippen LogP contribution in [0.1, 0.15) is 0 Å². The Balaban J connectivity index is 0.901. The van der Waals surface area contributed by atoms with E-state index in [4.69, 9.17) is 15.0 Å². The second kappa shape index (κ2) is 18.9. The van der Waals surface area contributed by atoms with Gasteiger partial charge in [-0.3, -0.25) is 4.57 Å². The quantitative estimate of drug-likeness (QED) is 0.145. The molecule has 0 saturated carbocycles. The third kappa shape index (κ3) is 7.68. The van der Waals surface area contributed by atoms with Crippen LogP contribution in [0.2, 0.25) is 0 Å². The van der Waals surface area contributed by atoms with Gasteiger partial charge < -0.3 is 9.13 Å². The van der Waals surface area contributed by atoms with E-state index >= 15 is 0 Å². The summed E-state index contributed by atoms with van der Waals surface area (Å²) in [5.74, 6) is 1.68. The summed E-state index contributed by atoms with van der Waals surface area (Å²) >= 11 is 0. The van der Waals surface area contributed by atoms with Crippen LogP contribution < -0.4 is 0 Å². The van der Waals surface area contributed by atoms with E-state index in [9.17, 15) is 0 Å². The fourth-order valence-corrected chi connectivity index (χ4v) is 12.4. The summed E-state index contributed by atoms with van der Waals surface area (Å²) in [5, 5.41) is 7.10. The molecule has 0 spiro atoms. The van der Waals surface area contributed by atoms with Crippen LogP contribution >= 0.6 is 0 Å². The van der Waals surface area contributed by atoms with Crippen LogP contribution in [0.4, 0.5) is 0 Å². The molecule has 0 fully saturated rings. The van der Waals surface area contributed by atoms with E-state index in [1.807, 2.05) is 0 Å². The minimum atomic E-state index is 0.537. The minimum absolute atomic E-state index is 0.537. The van der Waals surface area contributed by atoms with Gasteiger partial charge in [-0.25, -0.2) is 4.98 Å². The lowest BCUT2D eigenvalue weighted by atomic mass is 9.94. The monoisotopic (exact) mass is 1030 g/mol. The molecule has 81 heavy (non-hydrogen) atoms. The van der Waals surface area contributed by atoms with Crippen LogP contribution in [0.5, 0.6) is 0 Å². The highest BCUT2D eigenvalue weighted by atomic mass is 15.2. The molecule has 0 bridgehead atoms. The van der Waals surface area contributed by atoms with Crippen molar-refractivity contribution in [2.24, 2.45) is 0 Å². The maximum absolute atomic E-state index is 5.51. The Morgan fingerprint density at radius 2 is 0.630 bits per heavy atom. The Morgan fingerprint density at radius 1 is 0.222 bits per heavy atom. The lowest BCUT2D eigenvalue weighted by Crippen LogP contribution is -2.07. The van der Waals surface area contributed by atoms with Crippen molar-refractivity contribution in [3.8, 4) is 84.6 Å². The molecule has 4 aromatic heterocycles. The molecule has 6 nitrogen and oxygen atoms in total. The lowest BCUT2D eigenvalue weighted by Gasteiger charge is -2.17. The van der Waals surface area contributed by atoms with Gasteiger partial charge in [-0.2, -0.15) is 9.97 Å². The highest BCUT2D eigenvalue weighted by Crippen LogP contribution is 2.42. The Morgan fingerprint density at radius 3 is 1.25 bits per heavy atom. The van der Waals surface area contributed by atoms with Gasteiger partial charge in [0, 0.05) is 60.3 Å². The van der Waals surface area contributed by atoms with Crippen molar-refractivity contribution in [1.29, 1.82) is 0 Å². The zero-order chi connectivity index (χ0) is 53.4. The van der Waals surface area contributed by atoms with Crippen molar-refractivity contribution in [2.75, 3.05) is 0 Å². The number of benzene rings is 12. The van der Waals surface area contributed by atoms with Gasteiger partial charge in [-0.05, 0) is 94.0 Å². The molecule has 0 atom stereocenters. The Bertz CT molecular complexity index is 5000. The largest absolute Gasteiger partial charge is 0.309 e. The number of hydrogen-bond donors (Lipinski definition) is 0. The average molecular weight is 1030 g/mol. The molecule has 0 amide bonds. The van der Waals surface area contributed by atoms with Crippen LogP contribution in [0.25, 0.3) is 150 Å². The van der Waals surface area contributed by atoms with Gasteiger partial charge in [0.05, 0.1) is 38.8 Å². The first-order valence-corrected chi connectivity index (χ1v) is 27.5. The highest BCUT2D eigenvalue weighted by molar-refractivity contribution is 6.14. The Kier molecular flexibility index (Phi) is 10.8. The molecule has 6 heteroatoms. The first-order valence-electron chi connectivity index (χ1n) is 27.5. The van der Waals surface area contributed by atoms with Gasteiger partial charge in [-0.15, -0.1) is 0 Å². The number of rotatable bonds is 9. The van der Waals surface area contributed by atoms with Crippen molar-refractivity contribution in [3.05, 3.63) is 291 Å². The standard InChI is InChI=1S/C75H48N6/c1-3-20-49(21-4-1)53-24-17-25-54(46-53)55-44-45-71(80-68-37-14-9-30-61(68)62-31-10-15-38-69(62)80)65(48-55)51-40-42-52(43-41-51)73-76-74(56-26-18-27-57(47-56)79-66-35-12-7-28-59(66)60-29-8-13-36-67(60)79)78-75(77-73)81-70-39-16-11-32-63(70)64-34-19-33-58(72(64)81)50-22-5-2-6-23-50/h1-48H. The predicted octanol–water partition coefficient (Wildman–Crippen LogP) is 19.2. The van der Waals surface area contributed by atoms with E-state index in [1.54, 1.807) is 0 Å². The second-order valence-electron chi connectivity index (χ2n) is 20.7. The van der Waals surface area contributed by atoms with E-state index in [0.717, 1.165) is 99.8 Å². The Labute approximate surface area is 467 Å². The van der Waals surface area contributed by atoms with Gasteiger partial charge in [0.1, 0.15) is 0 Å². The molecular formula is C75H48N6. The second-order valence-corrected chi connectivity index (χ2v) is 20.7. The summed E-state index contributed by atoms with van der Waals surface area (Å²) in [4.78, 5) is 16.4. The van der Waals surface area contributed by atoms with Crippen molar-refractivity contribution in [2.45, 2.75) is 0 Å². The molecule has 0 N–H and O–H groups in total. The number of aromatic nitrogens is 6. The highest BCUT2D eigenvalue weighted by Gasteiger charge is 2.23. The molecule has 0 saturated heterocycles. The van der Waals surface area contributed by atoms with Crippen LogP contribution in [-0.2, 0) is 0 Å². The average Bonchev–Trinajstić information content (AvgIpc) is 4.28. The smallest absolute Gasteiger partial charge is 0.238 e. The third-order valence-electron chi connectivity index (χ3n) is 16.1. The molecule has 4 heterocycles. The third-order valence-corrected chi connectivity index (χ3v) is 16.1. The van der Waals surface area contributed by atoms with E-state index in [-0.39, 0.29) is 0 Å². The summed E-state index contributed by atoms with van der Waals surface area (Å²) in [6.07, 6.45) is 0. The molecule has 12 aromatic carbocycles. The fourth-order valence-electron chi connectivity index (χ4n) is 12.4. The number of nitrogens with zero attached hydrogens (tertiary/aromatic N) is 6. The summed E-state index contributed by atoms with van der Waals surface area (Å²) in [5.41, 5.74) is 19.5. The molecule has 0 aliphatic rings. The SMILES string of the molecule is c1ccc(-c2cccc(-c3ccc(-n4c5ccccc5c5ccccc54)c(-c4ccc(-c5nc(-c6cccc(-n7c8ccccc8c8ccccc87)c6)nc(-n6c7ccccc7c7cccc(-c8ccccc8)c76)n5)cc4)c3)c2)cc1. The lowest BCUT2D eigenvalue weighted by molar-refractivity contribution is 0.953. The molecule has 0 unspecified atom stereocenters. The van der Waals surface area contributed by atoms with Crippen molar-refractivity contribution < 1.29 is 0 Å². The maximum atomic E-state index is 5.51. The van der Waals surface area contributed by atoms with E-state index in [1.165, 1.54) is 32.7 Å². The van der Waals surface area contributed by atoms with Crippen LogP contribution in [0.15, 0.2) is 291 Å². The zero-order valence-corrected chi connectivity index (χ0v) is 43.9. The van der Waals surface area contributed by atoms with Gasteiger partial charge >= 0.3 is 0 Å². The van der Waals surface area contributed by atoms with Gasteiger partial charge in [0.25, 0.3) is 0 Å². The first kappa shape index (κ1) is 46.2. The number of hydrogen-bond acceptors (Lipinski definition) is 3. The van der Waals surface area contributed by atoms with Crippen molar-refractivity contribution in [1.82, 2.24) is 28.7 Å². The van der Waals surface area contributed by atoms with E-state index in [2.05, 4.69) is 305 Å². The van der Waals surface area contributed by atoms with Crippen molar-refractivity contribution in [3.63, 3.8) is 0 Å². The normalized spacial score (nSPS) is 11.7. The predicted molar refractivity (Wildman–Crippen MR) is 335 cm³/mol. The molecule has 0 aliphatic heterocycles. The molecular weight excluding hydrogens is 985 g/mol. The van der Waals surface area contributed by atoms with Crippen LogP contribution in [-0.4, -0.2) is 28.7 Å². The van der Waals surface area contributed by atoms with Crippen LogP contribution in [0.3, 0.4) is 0 Å². The molecule has 0 aliphatic carbocycles. The summed E-state index contributed by atoms with van der Waals surface area (Å²) in [6.45, 7) is 0. The molecule has 378 valence electrons. The molecule has 0 radical (unpaired) electrons. The van der Waals surface area contributed by atoms with Crippen molar-refractivity contribution >= 4 is 65.4 Å². The minimum Gasteiger partial charge on any atom is -0.309 e.